The van der Waals surface area contributed by atoms with E-state index in [1.54, 1.807) is 7.05 Å². The summed E-state index contributed by atoms with van der Waals surface area (Å²) < 4.78 is 11.0. The zero-order chi connectivity index (χ0) is 20.6. The van der Waals surface area contributed by atoms with Crippen LogP contribution in [0.3, 0.4) is 0 Å². The Morgan fingerprint density at radius 2 is 2.18 bits per heavy atom. The van der Waals surface area contributed by atoms with Gasteiger partial charge in [0.1, 0.15) is 5.60 Å². The number of carbonyl (C=O) groups is 1. The van der Waals surface area contributed by atoms with Crippen LogP contribution in [0, 0.1) is 0 Å². The Hall–Kier alpha value is -1.99. The van der Waals surface area contributed by atoms with Crippen molar-refractivity contribution in [1.82, 2.24) is 15.5 Å². The van der Waals surface area contributed by atoms with Gasteiger partial charge in [-0.15, -0.1) is 0 Å². The Morgan fingerprint density at radius 1 is 1.39 bits per heavy atom. The van der Waals surface area contributed by atoms with E-state index in [2.05, 4.69) is 20.5 Å². The molecule has 1 saturated heterocycles. The first-order valence-electron chi connectivity index (χ1n) is 9.54. The van der Waals surface area contributed by atoms with Crippen molar-refractivity contribution in [1.29, 1.82) is 0 Å². The van der Waals surface area contributed by atoms with E-state index in [0.717, 1.165) is 24.5 Å². The average molecular weight is 411 g/mol. The molecular formula is C20H31ClN4O3. The van der Waals surface area contributed by atoms with Crippen LogP contribution in [0.4, 0.5) is 4.79 Å². The molecule has 1 aromatic rings. The highest BCUT2D eigenvalue weighted by atomic mass is 35.5. The largest absolute Gasteiger partial charge is 0.444 e. The summed E-state index contributed by atoms with van der Waals surface area (Å²) in [6.45, 7) is 8.81. The highest BCUT2D eigenvalue weighted by molar-refractivity contribution is 6.30. The van der Waals surface area contributed by atoms with Crippen molar-refractivity contribution >= 4 is 23.7 Å². The Balaban J connectivity index is 1.67. The van der Waals surface area contributed by atoms with Crippen molar-refractivity contribution in [2.24, 2.45) is 4.99 Å². The summed E-state index contributed by atoms with van der Waals surface area (Å²) in [4.78, 5) is 18.4. The first-order valence-corrected chi connectivity index (χ1v) is 9.92. The minimum atomic E-state index is -0.495. The summed E-state index contributed by atoms with van der Waals surface area (Å²) in [5.74, 6) is 0.805. The smallest absolute Gasteiger partial charge is 0.407 e. The number of guanidine groups is 1. The van der Waals surface area contributed by atoms with Gasteiger partial charge in [-0.3, -0.25) is 4.99 Å². The van der Waals surface area contributed by atoms with Crippen LogP contribution in [-0.2, 0) is 16.1 Å². The Kier molecular flexibility index (Phi) is 8.38. The van der Waals surface area contributed by atoms with Crippen LogP contribution in [0.2, 0.25) is 5.02 Å². The Bertz CT molecular complexity index is 676. The number of rotatable bonds is 6. The first kappa shape index (κ1) is 22.3. The molecule has 2 rings (SSSR count). The molecule has 0 aromatic heterocycles. The fraction of sp³-hybridized carbons (Fsp3) is 0.600. The fourth-order valence-electron chi connectivity index (χ4n) is 2.93. The number of hydrogen-bond donors (Lipinski definition) is 2. The van der Waals surface area contributed by atoms with Crippen LogP contribution in [0.5, 0.6) is 0 Å². The van der Waals surface area contributed by atoms with Gasteiger partial charge in [0.2, 0.25) is 0 Å². The van der Waals surface area contributed by atoms with E-state index in [9.17, 15) is 4.79 Å². The van der Waals surface area contributed by atoms with E-state index in [-0.39, 0.29) is 12.1 Å². The van der Waals surface area contributed by atoms with Crippen LogP contribution in [0.15, 0.2) is 29.3 Å². The van der Waals surface area contributed by atoms with Gasteiger partial charge in [0.25, 0.3) is 0 Å². The third kappa shape index (κ3) is 7.94. The molecule has 0 aliphatic carbocycles. The minimum absolute atomic E-state index is 0.0486. The molecule has 0 unspecified atom stereocenters. The van der Waals surface area contributed by atoms with Gasteiger partial charge in [0.15, 0.2) is 5.96 Å². The van der Waals surface area contributed by atoms with E-state index in [1.807, 2.05) is 45.0 Å². The Morgan fingerprint density at radius 3 is 2.86 bits per heavy atom. The minimum Gasteiger partial charge on any atom is -0.444 e. The zero-order valence-corrected chi connectivity index (χ0v) is 17.9. The van der Waals surface area contributed by atoms with E-state index >= 15 is 0 Å². The number of likely N-dealkylation sites (tertiary alicyclic amines) is 1. The molecule has 0 bridgehead atoms. The predicted molar refractivity (Wildman–Crippen MR) is 112 cm³/mol. The topological polar surface area (TPSA) is 75.2 Å². The molecule has 2 N–H and O–H groups in total. The summed E-state index contributed by atoms with van der Waals surface area (Å²) in [5, 5.41) is 6.94. The molecule has 28 heavy (non-hydrogen) atoms. The molecule has 1 amide bonds. The van der Waals surface area contributed by atoms with Crippen LogP contribution in [0.25, 0.3) is 0 Å². The van der Waals surface area contributed by atoms with Crippen molar-refractivity contribution in [3.05, 3.63) is 34.9 Å². The van der Waals surface area contributed by atoms with Gasteiger partial charge in [0, 0.05) is 31.7 Å². The summed E-state index contributed by atoms with van der Waals surface area (Å²) in [6.07, 6.45) is 0.474. The highest BCUT2D eigenvalue weighted by Crippen LogP contribution is 2.13. The van der Waals surface area contributed by atoms with Crippen LogP contribution >= 0.6 is 11.6 Å². The molecule has 1 aliphatic heterocycles. The molecule has 1 fully saturated rings. The van der Waals surface area contributed by atoms with E-state index < -0.39 is 5.60 Å². The first-order chi connectivity index (χ1) is 13.3. The van der Waals surface area contributed by atoms with Crippen molar-refractivity contribution in [2.75, 3.05) is 33.3 Å². The molecule has 1 atom stereocenters. The van der Waals surface area contributed by atoms with Crippen molar-refractivity contribution in [2.45, 2.75) is 45.4 Å². The number of ether oxygens (including phenoxy) is 2. The van der Waals surface area contributed by atoms with Gasteiger partial charge in [0.05, 0.1) is 19.3 Å². The van der Waals surface area contributed by atoms with Crippen LogP contribution in [0.1, 0.15) is 32.8 Å². The summed E-state index contributed by atoms with van der Waals surface area (Å²) in [7, 11) is 1.75. The lowest BCUT2D eigenvalue weighted by atomic mass is 10.2. The van der Waals surface area contributed by atoms with E-state index in [1.165, 1.54) is 0 Å². The quantitative estimate of drug-likeness (QED) is 0.428. The number of halogens is 1. The molecule has 8 heteroatoms. The number of aliphatic imine (C=N–C) groups is 1. The molecule has 1 heterocycles. The van der Waals surface area contributed by atoms with Crippen LogP contribution < -0.4 is 10.6 Å². The molecule has 1 aromatic carbocycles. The third-order valence-corrected chi connectivity index (χ3v) is 4.34. The number of nitrogens with one attached hydrogen (secondary N) is 2. The average Bonchev–Trinajstić information content (AvgIpc) is 3.04. The second-order valence-corrected chi connectivity index (χ2v) is 8.17. The van der Waals surface area contributed by atoms with Crippen molar-refractivity contribution < 1.29 is 14.3 Å². The lowest BCUT2D eigenvalue weighted by Crippen LogP contribution is -2.44. The van der Waals surface area contributed by atoms with Crippen molar-refractivity contribution in [3.63, 3.8) is 0 Å². The van der Waals surface area contributed by atoms with E-state index in [4.69, 9.17) is 21.1 Å². The number of amides is 1. The van der Waals surface area contributed by atoms with Gasteiger partial charge in [-0.05, 0) is 44.9 Å². The third-order valence-electron chi connectivity index (χ3n) is 4.11. The summed E-state index contributed by atoms with van der Waals surface area (Å²) in [5.41, 5.74) is 0.554. The normalized spacial score (nSPS) is 17.5. The molecular weight excluding hydrogens is 380 g/mol. The molecule has 1 aliphatic rings. The Labute approximate surface area is 172 Å². The predicted octanol–water partition coefficient (Wildman–Crippen LogP) is 3.03. The highest BCUT2D eigenvalue weighted by Gasteiger charge is 2.27. The van der Waals surface area contributed by atoms with Gasteiger partial charge in [-0.25, -0.2) is 4.79 Å². The second-order valence-electron chi connectivity index (χ2n) is 7.73. The van der Waals surface area contributed by atoms with Gasteiger partial charge in [-0.2, -0.15) is 0 Å². The molecule has 7 nitrogen and oxygen atoms in total. The number of benzene rings is 1. The van der Waals surface area contributed by atoms with Gasteiger partial charge < -0.3 is 25.0 Å². The maximum absolute atomic E-state index is 11.9. The number of nitrogens with zero attached hydrogens (tertiary/aromatic N) is 2. The molecule has 156 valence electrons. The molecule has 0 spiro atoms. The summed E-state index contributed by atoms with van der Waals surface area (Å²) in [6, 6.07) is 7.69. The van der Waals surface area contributed by atoms with Crippen molar-refractivity contribution in [3.8, 4) is 0 Å². The zero-order valence-electron chi connectivity index (χ0n) is 17.1. The number of carbonyl (C=O) groups excluding carboxylic acids is 1. The lowest BCUT2D eigenvalue weighted by Gasteiger charge is -2.23. The summed E-state index contributed by atoms with van der Waals surface area (Å²) >= 11 is 5.97. The van der Waals surface area contributed by atoms with Crippen LogP contribution in [-0.4, -0.2) is 61.9 Å². The fourth-order valence-corrected chi connectivity index (χ4v) is 3.14. The SMILES string of the molecule is CN=C(NCCOCc1cccc(Cl)c1)N1CC[C@@H](NC(=O)OC(C)(C)C)C1. The maximum atomic E-state index is 11.9. The monoisotopic (exact) mass is 410 g/mol. The second kappa shape index (κ2) is 10.5. The van der Waals surface area contributed by atoms with E-state index in [0.29, 0.717) is 31.3 Å². The maximum Gasteiger partial charge on any atom is 0.407 e. The number of alkyl carbamates (subject to hydrolysis) is 1. The standard InChI is InChI=1S/C20H31ClN4O3/c1-20(2,3)28-19(26)24-17-8-10-25(13-17)18(22-4)23-9-11-27-14-15-6-5-7-16(21)12-15/h5-7,12,17H,8-11,13-14H2,1-4H3,(H,22,23)(H,24,26)/t17-/m1/s1. The molecule has 0 saturated carbocycles. The van der Waals surface area contributed by atoms with Gasteiger partial charge >= 0.3 is 6.09 Å². The molecule has 0 radical (unpaired) electrons. The lowest BCUT2D eigenvalue weighted by molar-refractivity contribution is 0.0507. The number of hydrogen-bond acceptors (Lipinski definition) is 4. The van der Waals surface area contributed by atoms with Gasteiger partial charge in [-0.1, -0.05) is 23.7 Å².